The molecule has 1 aliphatic carbocycles. The first-order valence-electron chi connectivity index (χ1n) is 6.48. The normalized spacial score (nSPS) is 26.5. The Bertz CT molecular complexity index is 189. The summed E-state index contributed by atoms with van der Waals surface area (Å²) in [4.78, 5) is 11.1. The van der Waals surface area contributed by atoms with Crippen LogP contribution in [0, 0.1) is 11.8 Å². The predicted molar refractivity (Wildman–Crippen MR) is 61.8 cm³/mol. The maximum atomic E-state index is 11.1. The van der Waals surface area contributed by atoms with Gasteiger partial charge in [0.1, 0.15) is 0 Å². The standard InChI is InChI=1S/C13H24O2/c1-2-3-4-5-8-11-9-6-7-10-12(11)13(14)15/h11-12H,2-10H2,1H3,(H,14,15). The van der Waals surface area contributed by atoms with Gasteiger partial charge in [-0.15, -0.1) is 0 Å². The molecule has 0 radical (unpaired) electrons. The maximum Gasteiger partial charge on any atom is 0.306 e. The Hall–Kier alpha value is -0.530. The molecule has 0 aromatic carbocycles. The molecule has 2 unspecified atom stereocenters. The minimum absolute atomic E-state index is 0.0413. The molecule has 0 bridgehead atoms. The van der Waals surface area contributed by atoms with E-state index in [2.05, 4.69) is 6.92 Å². The second kappa shape index (κ2) is 6.86. The van der Waals surface area contributed by atoms with Gasteiger partial charge in [0.25, 0.3) is 0 Å². The molecule has 0 aliphatic heterocycles. The number of hydrogen-bond acceptors (Lipinski definition) is 1. The highest BCUT2D eigenvalue weighted by molar-refractivity contribution is 5.70. The van der Waals surface area contributed by atoms with E-state index in [0.717, 1.165) is 25.7 Å². The molecule has 1 fully saturated rings. The predicted octanol–water partition coefficient (Wildman–Crippen LogP) is 3.85. The maximum absolute atomic E-state index is 11.1. The highest BCUT2D eigenvalue weighted by Gasteiger charge is 2.29. The van der Waals surface area contributed by atoms with Crippen molar-refractivity contribution in [2.75, 3.05) is 0 Å². The Kier molecular flexibility index (Phi) is 5.74. The Morgan fingerprint density at radius 2 is 1.93 bits per heavy atom. The lowest BCUT2D eigenvalue weighted by molar-refractivity contribution is -0.145. The van der Waals surface area contributed by atoms with Crippen LogP contribution >= 0.6 is 0 Å². The minimum atomic E-state index is -0.560. The molecule has 0 spiro atoms. The number of hydrogen-bond donors (Lipinski definition) is 1. The molecule has 1 aliphatic rings. The van der Waals surface area contributed by atoms with Gasteiger partial charge in [0.15, 0.2) is 0 Å². The SMILES string of the molecule is CCCCCCC1CCCCC1C(=O)O. The molecule has 1 saturated carbocycles. The van der Waals surface area contributed by atoms with E-state index in [9.17, 15) is 4.79 Å². The fourth-order valence-corrected chi connectivity index (χ4v) is 2.71. The monoisotopic (exact) mass is 212 g/mol. The van der Waals surface area contributed by atoms with E-state index >= 15 is 0 Å². The summed E-state index contributed by atoms with van der Waals surface area (Å²) >= 11 is 0. The highest BCUT2D eigenvalue weighted by Crippen LogP contribution is 2.33. The van der Waals surface area contributed by atoms with E-state index < -0.39 is 5.97 Å². The molecule has 0 aromatic heterocycles. The molecule has 15 heavy (non-hydrogen) atoms. The average Bonchev–Trinajstić information content (AvgIpc) is 2.25. The lowest BCUT2D eigenvalue weighted by Gasteiger charge is -2.28. The van der Waals surface area contributed by atoms with E-state index in [1.807, 2.05) is 0 Å². The molecular weight excluding hydrogens is 188 g/mol. The van der Waals surface area contributed by atoms with E-state index in [0.29, 0.717) is 5.92 Å². The second-order valence-corrected chi connectivity index (χ2v) is 4.84. The summed E-state index contributed by atoms with van der Waals surface area (Å²) in [6, 6.07) is 0. The summed E-state index contributed by atoms with van der Waals surface area (Å²) in [6.45, 7) is 2.21. The van der Waals surface area contributed by atoms with E-state index in [1.54, 1.807) is 0 Å². The van der Waals surface area contributed by atoms with Gasteiger partial charge >= 0.3 is 5.97 Å². The van der Waals surface area contributed by atoms with Crippen molar-refractivity contribution in [1.82, 2.24) is 0 Å². The molecule has 1 rings (SSSR count). The third kappa shape index (κ3) is 4.23. The van der Waals surface area contributed by atoms with Gasteiger partial charge in [-0.05, 0) is 25.2 Å². The van der Waals surface area contributed by atoms with E-state index in [4.69, 9.17) is 5.11 Å². The van der Waals surface area contributed by atoms with Crippen LogP contribution in [0.25, 0.3) is 0 Å². The van der Waals surface area contributed by atoms with E-state index in [1.165, 1.54) is 32.1 Å². The molecule has 0 amide bonds. The smallest absolute Gasteiger partial charge is 0.306 e. The number of unbranched alkanes of at least 4 members (excludes halogenated alkanes) is 3. The van der Waals surface area contributed by atoms with Crippen LogP contribution < -0.4 is 0 Å². The van der Waals surface area contributed by atoms with Crippen LogP contribution in [0.3, 0.4) is 0 Å². The van der Waals surface area contributed by atoms with Gasteiger partial charge in [0, 0.05) is 0 Å². The number of carbonyl (C=O) groups is 1. The van der Waals surface area contributed by atoms with Crippen LogP contribution in [0.2, 0.25) is 0 Å². The van der Waals surface area contributed by atoms with Crippen molar-refractivity contribution >= 4 is 5.97 Å². The van der Waals surface area contributed by atoms with Gasteiger partial charge in [-0.3, -0.25) is 4.79 Å². The third-order valence-electron chi connectivity index (χ3n) is 3.65. The van der Waals surface area contributed by atoms with Gasteiger partial charge in [-0.25, -0.2) is 0 Å². The Morgan fingerprint density at radius 3 is 2.60 bits per heavy atom. The van der Waals surface area contributed by atoms with Crippen molar-refractivity contribution in [1.29, 1.82) is 0 Å². The van der Waals surface area contributed by atoms with Crippen LogP contribution in [0.1, 0.15) is 64.7 Å². The first kappa shape index (κ1) is 12.5. The molecule has 0 saturated heterocycles. The van der Waals surface area contributed by atoms with Crippen LogP contribution in [-0.4, -0.2) is 11.1 Å². The van der Waals surface area contributed by atoms with Gasteiger partial charge in [-0.2, -0.15) is 0 Å². The largest absolute Gasteiger partial charge is 0.481 e. The number of carboxylic acid groups (broad SMARTS) is 1. The van der Waals surface area contributed by atoms with Crippen LogP contribution in [0.5, 0.6) is 0 Å². The van der Waals surface area contributed by atoms with Crippen LogP contribution in [0.4, 0.5) is 0 Å². The molecule has 0 heterocycles. The van der Waals surface area contributed by atoms with Crippen LogP contribution in [0.15, 0.2) is 0 Å². The zero-order valence-electron chi connectivity index (χ0n) is 9.87. The topological polar surface area (TPSA) is 37.3 Å². The zero-order chi connectivity index (χ0) is 11.1. The molecule has 2 heteroatoms. The minimum Gasteiger partial charge on any atom is -0.481 e. The van der Waals surface area contributed by atoms with Crippen molar-refractivity contribution in [2.45, 2.75) is 64.7 Å². The Labute approximate surface area is 93.1 Å². The number of aliphatic carboxylic acids is 1. The fraction of sp³-hybridized carbons (Fsp3) is 0.923. The average molecular weight is 212 g/mol. The van der Waals surface area contributed by atoms with Gasteiger partial charge in [0.2, 0.25) is 0 Å². The van der Waals surface area contributed by atoms with Crippen molar-refractivity contribution in [3.63, 3.8) is 0 Å². The van der Waals surface area contributed by atoms with Crippen molar-refractivity contribution in [3.8, 4) is 0 Å². The summed E-state index contributed by atoms with van der Waals surface area (Å²) in [5.41, 5.74) is 0. The fourth-order valence-electron chi connectivity index (χ4n) is 2.71. The van der Waals surface area contributed by atoms with Crippen molar-refractivity contribution < 1.29 is 9.90 Å². The quantitative estimate of drug-likeness (QED) is 0.679. The third-order valence-corrected chi connectivity index (χ3v) is 3.65. The molecule has 0 aromatic rings. The summed E-state index contributed by atoms with van der Waals surface area (Å²) in [5.74, 6) is -0.135. The Morgan fingerprint density at radius 1 is 1.20 bits per heavy atom. The second-order valence-electron chi connectivity index (χ2n) is 4.84. The van der Waals surface area contributed by atoms with Gasteiger partial charge in [-0.1, -0.05) is 45.4 Å². The first-order chi connectivity index (χ1) is 7.25. The van der Waals surface area contributed by atoms with Crippen molar-refractivity contribution in [3.05, 3.63) is 0 Å². The first-order valence-corrected chi connectivity index (χ1v) is 6.48. The summed E-state index contributed by atoms with van der Waals surface area (Å²) in [5, 5.41) is 9.11. The molecule has 88 valence electrons. The number of rotatable bonds is 6. The number of carboxylic acids is 1. The van der Waals surface area contributed by atoms with Gasteiger partial charge in [0.05, 0.1) is 5.92 Å². The zero-order valence-corrected chi connectivity index (χ0v) is 9.87. The summed E-state index contributed by atoms with van der Waals surface area (Å²) in [7, 11) is 0. The Balaban J connectivity index is 2.26. The summed E-state index contributed by atoms with van der Waals surface area (Å²) in [6.07, 6.45) is 10.6. The van der Waals surface area contributed by atoms with Crippen LogP contribution in [-0.2, 0) is 4.79 Å². The lowest BCUT2D eigenvalue weighted by Crippen LogP contribution is -2.26. The molecule has 2 atom stereocenters. The van der Waals surface area contributed by atoms with Gasteiger partial charge < -0.3 is 5.11 Å². The lowest BCUT2D eigenvalue weighted by atomic mass is 9.76. The van der Waals surface area contributed by atoms with E-state index in [-0.39, 0.29) is 5.92 Å². The molecule has 2 nitrogen and oxygen atoms in total. The molecule has 1 N–H and O–H groups in total. The highest BCUT2D eigenvalue weighted by atomic mass is 16.4. The van der Waals surface area contributed by atoms with Crippen molar-refractivity contribution in [2.24, 2.45) is 11.8 Å². The molecular formula is C13H24O2. The summed E-state index contributed by atoms with van der Waals surface area (Å²) < 4.78 is 0.